The first-order valence-corrected chi connectivity index (χ1v) is 8.55. The number of aromatic nitrogens is 2. The molecule has 2 aromatic rings. The van der Waals surface area contributed by atoms with Gasteiger partial charge in [0.1, 0.15) is 5.69 Å². The number of carbonyl (C=O) groups is 2. The lowest BCUT2D eigenvalue weighted by atomic mass is 10.1. The molecule has 0 aliphatic heterocycles. The average molecular weight is 339 g/mol. The first-order chi connectivity index (χ1) is 12.1. The second-order valence-corrected chi connectivity index (χ2v) is 6.26. The highest BCUT2D eigenvalue weighted by atomic mass is 16.4. The fourth-order valence-electron chi connectivity index (χ4n) is 3.26. The van der Waals surface area contributed by atoms with E-state index in [2.05, 4.69) is 22.1 Å². The minimum absolute atomic E-state index is 0.159. The van der Waals surface area contributed by atoms with E-state index >= 15 is 0 Å². The highest BCUT2D eigenvalue weighted by molar-refractivity contribution is 5.93. The van der Waals surface area contributed by atoms with E-state index in [9.17, 15) is 9.59 Å². The zero-order chi connectivity index (χ0) is 17.6. The molecule has 1 aliphatic carbocycles. The summed E-state index contributed by atoms with van der Waals surface area (Å²) in [6.45, 7) is 0.621. The van der Waals surface area contributed by atoms with Crippen LogP contribution >= 0.6 is 0 Å². The number of hydrogen-bond donors (Lipinski definition) is 1. The Morgan fingerprint density at radius 2 is 1.68 bits per heavy atom. The largest absolute Gasteiger partial charge is 0.476 e. The van der Waals surface area contributed by atoms with Gasteiger partial charge < -0.3 is 10.0 Å². The Bertz CT molecular complexity index is 725. The number of hydrogen-bond acceptors (Lipinski definition) is 4. The van der Waals surface area contributed by atoms with Gasteiger partial charge in [-0.2, -0.15) is 0 Å². The summed E-state index contributed by atoms with van der Waals surface area (Å²) in [5, 5.41) is 8.91. The number of carboxylic acid groups (broad SMARTS) is 1. The van der Waals surface area contributed by atoms with Gasteiger partial charge in [-0.25, -0.2) is 14.8 Å². The van der Waals surface area contributed by atoms with Gasteiger partial charge in [0.15, 0.2) is 5.69 Å². The van der Waals surface area contributed by atoms with Crippen molar-refractivity contribution in [3.8, 4) is 0 Å². The quantitative estimate of drug-likeness (QED) is 0.875. The van der Waals surface area contributed by atoms with Gasteiger partial charge in [0.25, 0.3) is 5.91 Å². The van der Waals surface area contributed by atoms with E-state index in [0.29, 0.717) is 6.54 Å². The number of carboxylic acids is 1. The standard InChI is InChI=1S/C19H21N3O3/c23-18(16-12-21-17(13-20-16)19(24)25)22(15-8-4-5-9-15)11-10-14-6-2-1-3-7-14/h1-3,6-7,12-13,15H,4-5,8-11H2,(H,24,25). The molecule has 0 bridgehead atoms. The molecule has 1 N–H and O–H groups in total. The lowest BCUT2D eigenvalue weighted by Crippen LogP contribution is -2.40. The molecule has 1 aliphatic rings. The van der Waals surface area contributed by atoms with E-state index in [1.807, 2.05) is 23.1 Å². The van der Waals surface area contributed by atoms with Crippen molar-refractivity contribution in [2.24, 2.45) is 0 Å². The van der Waals surface area contributed by atoms with E-state index < -0.39 is 5.97 Å². The smallest absolute Gasteiger partial charge is 0.356 e. The molecule has 0 radical (unpaired) electrons. The predicted molar refractivity (Wildman–Crippen MR) is 92.4 cm³/mol. The Labute approximate surface area is 146 Å². The molecule has 6 heteroatoms. The van der Waals surface area contributed by atoms with Crippen LogP contribution in [-0.2, 0) is 6.42 Å². The number of rotatable bonds is 6. The minimum atomic E-state index is -1.15. The minimum Gasteiger partial charge on any atom is -0.476 e. The summed E-state index contributed by atoms with van der Waals surface area (Å²) >= 11 is 0. The Morgan fingerprint density at radius 3 is 2.28 bits per heavy atom. The Hall–Kier alpha value is -2.76. The summed E-state index contributed by atoms with van der Waals surface area (Å²) in [6.07, 6.45) is 7.44. The van der Waals surface area contributed by atoms with Crippen molar-refractivity contribution in [3.05, 3.63) is 59.7 Å². The van der Waals surface area contributed by atoms with Crippen LogP contribution in [0.4, 0.5) is 0 Å². The fraction of sp³-hybridized carbons (Fsp3) is 0.368. The second-order valence-electron chi connectivity index (χ2n) is 6.26. The van der Waals surface area contributed by atoms with E-state index in [4.69, 9.17) is 5.11 Å². The van der Waals surface area contributed by atoms with Gasteiger partial charge >= 0.3 is 5.97 Å². The van der Waals surface area contributed by atoms with Crippen LogP contribution in [0.2, 0.25) is 0 Å². The van der Waals surface area contributed by atoms with E-state index in [0.717, 1.165) is 38.3 Å². The molecule has 130 valence electrons. The summed E-state index contributed by atoms with van der Waals surface area (Å²) in [4.78, 5) is 33.5. The Kier molecular flexibility index (Phi) is 5.38. The molecule has 0 unspecified atom stereocenters. The summed E-state index contributed by atoms with van der Waals surface area (Å²) in [5.41, 5.74) is 1.23. The topological polar surface area (TPSA) is 83.4 Å². The molecule has 3 rings (SSSR count). The van der Waals surface area contributed by atoms with Crippen LogP contribution in [0.25, 0.3) is 0 Å². The first-order valence-electron chi connectivity index (χ1n) is 8.55. The third-order valence-corrected chi connectivity index (χ3v) is 4.60. The van der Waals surface area contributed by atoms with Crippen molar-refractivity contribution in [1.29, 1.82) is 0 Å². The Morgan fingerprint density at radius 1 is 1.04 bits per heavy atom. The van der Waals surface area contributed by atoms with Gasteiger partial charge in [-0.15, -0.1) is 0 Å². The number of carbonyl (C=O) groups excluding carboxylic acids is 1. The molecule has 0 saturated heterocycles. The lowest BCUT2D eigenvalue weighted by Gasteiger charge is -2.28. The molecule has 1 heterocycles. The third kappa shape index (κ3) is 4.21. The lowest BCUT2D eigenvalue weighted by molar-refractivity contribution is 0.0665. The normalized spacial score (nSPS) is 14.4. The zero-order valence-corrected chi connectivity index (χ0v) is 14.0. The van der Waals surface area contributed by atoms with Crippen LogP contribution in [0.3, 0.4) is 0 Å². The van der Waals surface area contributed by atoms with Crippen molar-refractivity contribution in [2.75, 3.05) is 6.54 Å². The molecule has 1 aromatic heterocycles. The molecule has 1 fully saturated rings. The van der Waals surface area contributed by atoms with Crippen LogP contribution in [-0.4, -0.2) is 44.4 Å². The molecule has 25 heavy (non-hydrogen) atoms. The maximum Gasteiger partial charge on any atom is 0.356 e. The maximum absolute atomic E-state index is 12.9. The van der Waals surface area contributed by atoms with Crippen LogP contribution in [0.15, 0.2) is 42.7 Å². The van der Waals surface area contributed by atoms with Crippen molar-refractivity contribution < 1.29 is 14.7 Å². The molecule has 1 aromatic carbocycles. The van der Waals surface area contributed by atoms with Crippen LogP contribution in [0, 0.1) is 0 Å². The summed E-state index contributed by atoms with van der Waals surface area (Å²) in [5.74, 6) is -1.32. The maximum atomic E-state index is 12.9. The molecule has 6 nitrogen and oxygen atoms in total. The van der Waals surface area contributed by atoms with Crippen molar-refractivity contribution in [1.82, 2.24) is 14.9 Å². The molecular weight excluding hydrogens is 318 g/mol. The van der Waals surface area contributed by atoms with Crippen LogP contribution < -0.4 is 0 Å². The van der Waals surface area contributed by atoms with Gasteiger partial charge in [0.2, 0.25) is 0 Å². The van der Waals surface area contributed by atoms with Gasteiger partial charge in [-0.3, -0.25) is 4.79 Å². The van der Waals surface area contributed by atoms with Gasteiger partial charge in [0, 0.05) is 12.6 Å². The number of benzene rings is 1. The molecule has 1 saturated carbocycles. The van der Waals surface area contributed by atoms with E-state index in [1.54, 1.807) is 0 Å². The third-order valence-electron chi connectivity index (χ3n) is 4.60. The molecular formula is C19H21N3O3. The van der Waals surface area contributed by atoms with Crippen molar-refractivity contribution in [3.63, 3.8) is 0 Å². The summed E-state index contributed by atoms with van der Waals surface area (Å²) in [7, 11) is 0. The second kappa shape index (κ2) is 7.88. The van der Waals surface area contributed by atoms with Gasteiger partial charge in [0.05, 0.1) is 12.4 Å². The van der Waals surface area contributed by atoms with E-state index in [-0.39, 0.29) is 23.3 Å². The molecule has 0 spiro atoms. The number of amides is 1. The highest BCUT2D eigenvalue weighted by Crippen LogP contribution is 2.25. The van der Waals surface area contributed by atoms with Gasteiger partial charge in [-0.05, 0) is 24.8 Å². The number of nitrogens with zero attached hydrogens (tertiary/aromatic N) is 3. The van der Waals surface area contributed by atoms with E-state index in [1.165, 1.54) is 11.8 Å². The van der Waals surface area contributed by atoms with Gasteiger partial charge in [-0.1, -0.05) is 43.2 Å². The first kappa shape index (κ1) is 17.1. The van der Waals surface area contributed by atoms with Crippen LogP contribution in [0.5, 0.6) is 0 Å². The number of aromatic carboxylic acids is 1. The molecule has 1 amide bonds. The summed E-state index contributed by atoms with van der Waals surface area (Å²) in [6, 6.07) is 10.3. The summed E-state index contributed by atoms with van der Waals surface area (Å²) < 4.78 is 0. The SMILES string of the molecule is O=C(O)c1cnc(C(=O)N(CCc2ccccc2)C2CCCC2)cn1. The average Bonchev–Trinajstić information content (AvgIpc) is 3.17. The monoisotopic (exact) mass is 339 g/mol. The van der Waals surface area contributed by atoms with Crippen molar-refractivity contribution in [2.45, 2.75) is 38.1 Å². The highest BCUT2D eigenvalue weighted by Gasteiger charge is 2.28. The fourth-order valence-corrected chi connectivity index (χ4v) is 3.26. The van der Waals surface area contributed by atoms with Crippen LogP contribution in [0.1, 0.15) is 52.2 Å². The predicted octanol–water partition coefficient (Wildman–Crippen LogP) is 2.80. The Balaban J connectivity index is 1.75. The zero-order valence-electron chi connectivity index (χ0n) is 14.0. The molecule has 0 atom stereocenters. The van der Waals surface area contributed by atoms with Crippen molar-refractivity contribution >= 4 is 11.9 Å².